The van der Waals surface area contributed by atoms with Gasteiger partial charge < -0.3 is 10.0 Å². The summed E-state index contributed by atoms with van der Waals surface area (Å²) in [6.07, 6.45) is 7.31. The zero-order valence-corrected chi connectivity index (χ0v) is 8.83. The fourth-order valence-electron chi connectivity index (χ4n) is 1.80. The molecular formula is C11H19NO2. The van der Waals surface area contributed by atoms with Crippen LogP contribution in [0.1, 0.15) is 39.0 Å². The molecule has 0 aromatic heterocycles. The minimum atomic E-state index is 0.0894. The number of allylic oxidation sites excluding steroid dienone is 2. The lowest BCUT2D eigenvalue weighted by Crippen LogP contribution is -2.30. The molecule has 1 rings (SSSR count). The van der Waals surface area contributed by atoms with Crippen molar-refractivity contribution in [3.05, 3.63) is 11.8 Å². The van der Waals surface area contributed by atoms with E-state index in [0.29, 0.717) is 13.0 Å². The SMILES string of the molecule is CC(=O)N(CCCO)C1=CCCCC1. The van der Waals surface area contributed by atoms with Crippen LogP contribution in [0.5, 0.6) is 0 Å². The van der Waals surface area contributed by atoms with Gasteiger partial charge in [-0.2, -0.15) is 0 Å². The molecule has 0 saturated carbocycles. The Morgan fingerprint density at radius 3 is 2.86 bits per heavy atom. The molecule has 0 saturated heterocycles. The minimum Gasteiger partial charge on any atom is -0.396 e. The molecule has 0 spiro atoms. The summed E-state index contributed by atoms with van der Waals surface area (Å²) in [4.78, 5) is 13.2. The molecule has 0 aliphatic heterocycles. The van der Waals surface area contributed by atoms with E-state index < -0.39 is 0 Å². The molecule has 0 heterocycles. The average molecular weight is 197 g/mol. The van der Waals surface area contributed by atoms with Gasteiger partial charge in [0, 0.05) is 25.8 Å². The summed E-state index contributed by atoms with van der Waals surface area (Å²) in [5.74, 6) is 0.0894. The highest BCUT2D eigenvalue weighted by atomic mass is 16.3. The predicted octanol–water partition coefficient (Wildman–Crippen LogP) is 1.68. The fraction of sp³-hybridized carbons (Fsp3) is 0.727. The van der Waals surface area contributed by atoms with Crippen LogP contribution in [-0.2, 0) is 4.79 Å². The molecule has 1 aliphatic rings. The maximum Gasteiger partial charge on any atom is 0.223 e. The molecule has 0 aromatic carbocycles. The first-order chi connectivity index (χ1) is 6.75. The van der Waals surface area contributed by atoms with Crippen LogP contribution >= 0.6 is 0 Å². The molecule has 1 amide bonds. The molecule has 14 heavy (non-hydrogen) atoms. The van der Waals surface area contributed by atoms with Crippen LogP contribution in [0.4, 0.5) is 0 Å². The van der Waals surface area contributed by atoms with E-state index >= 15 is 0 Å². The molecule has 0 radical (unpaired) electrons. The lowest BCUT2D eigenvalue weighted by Gasteiger charge is -2.26. The molecule has 80 valence electrons. The highest BCUT2D eigenvalue weighted by Gasteiger charge is 2.15. The molecule has 1 N–H and O–H groups in total. The van der Waals surface area contributed by atoms with Gasteiger partial charge in [-0.1, -0.05) is 6.08 Å². The Bertz CT molecular complexity index is 223. The van der Waals surface area contributed by atoms with Gasteiger partial charge in [-0.15, -0.1) is 0 Å². The number of carbonyl (C=O) groups is 1. The Morgan fingerprint density at radius 1 is 1.57 bits per heavy atom. The summed E-state index contributed by atoms with van der Waals surface area (Å²) < 4.78 is 0. The van der Waals surface area contributed by atoms with Gasteiger partial charge in [0.15, 0.2) is 0 Å². The first-order valence-electron chi connectivity index (χ1n) is 5.33. The summed E-state index contributed by atoms with van der Waals surface area (Å²) in [6.45, 7) is 2.39. The van der Waals surface area contributed by atoms with Crippen LogP contribution in [0.3, 0.4) is 0 Å². The Balaban J connectivity index is 2.56. The van der Waals surface area contributed by atoms with Crippen molar-refractivity contribution < 1.29 is 9.90 Å². The van der Waals surface area contributed by atoms with Crippen molar-refractivity contribution in [1.82, 2.24) is 4.90 Å². The van der Waals surface area contributed by atoms with Gasteiger partial charge in [-0.3, -0.25) is 4.79 Å². The van der Waals surface area contributed by atoms with E-state index in [-0.39, 0.29) is 12.5 Å². The van der Waals surface area contributed by atoms with Crippen LogP contribution in [0.15, 0.2) is 11.8 Å². The molecule has 0 bridgehead atoms. The number of rotatable bonds is 4. The van der Waals surface area contributed by atoms with E-state index in [1.807, 2.05) is 0 Å². The normalized spacial score (nSPS) is 16.3. The zero-order chi connectivity index (χ0) is 10.4. The standard InChI is InChI=1S/C11H19NO2/c1-10(14)12(8-5-9-13)11-6-3-2-4-7-11/h6,13H,2-5,7-9H2,1H3. The summed E-state index contributed by atoms with van der Waals surface area (Å²) in [6, 6.07) is 0. The second kappa shape index (κ2) is 5.81. The third-order valence-electron chi connectivity index (χ3n) is 2.53. The van der Waals surface area contributed by atoms with E-state index in [1.165, 1.54) is 12.8 Å². The number of aliphatic hydroxyl groups excluding tert-OH is 1. The summed E-state index contributed by atoms with van der Waals surface area (Å²) >= 11 is 0. The predicted molar refractivity (Wildman–Crippen MR) is 55.6 cm³/mol. The Labute approximate surface area is 85.4 Å². The van der Waals surface area contributed by atoms with Crippen LogP contribution < -0.4 is 0 Å². The van der Waals surface area contributed by atoms with E-state index in [1.54, 1.807) is 11.8 Å². The van der Waals surface area contributed by atoms with E-state index in [0.717, 1.165) is 18.5 Å². The van der Waals surface area contributed by atoms with E-state index in [4.69, 9.17) is 5.11 Å². The van der Waals surface area contributed by atoms with Crippen molar-refractivity contribution in [1.29, 1.82) is 0 Å². The van der Waals surface area contributed by atoms with Crippen molar-refractivity contribution in [3.8, 4) is 0 Å². The number of hydrogen-bond acceptors (Lipinski definition) is 2. The fourth-order valence-corrected chi connectivity index (χ4v) is 1.80. The number of hydrogen-bond donors (Lipinski definition) is 1. The summed E-state index contributed by atoms with van der Waals surface area (Å²) in [5.41, 5.74) is 1.15. The van der Waals surface area contributed by atoms with Crippen molar-refractivity contribution >= 4 is 5.91 Å². The molecule has 1 aliphatic carbocycles. The largest absolute Gasteiger partial charge is 0.396 e. The zero-order valence-electron chi connectivity index (χ0n) is 8.83. The molecule has 0 aromatic rings. The van der Waals surface area contributed by atoms with Crippen molar-refractivity contribution in [2.45, 2.75) is 39.0 Å². The minimum absolute atomic E-state index is 0.0894. The van der Waals surface area contributed by atoms with Crippen molar-refractivity contribution in [2.75, 3.05) is 13.2 Å². The summed E-state index contributed by atoms with van der Waals surface area (Å²) in [5, 5.41) is 8.74. The van der Waals surface area contributed by atoms with E-state index in [9.17, 15) is 4.79 Å². The number of nitrogens with zero attached hydrogens (tertiary/aromatic N) is 1. The van der Waals surface area contributed by atoms with Gasteiger partial charge in [-0.25, -0.2) is 0 Å². The molecule has 0 fully saturated rings. The molecule has 3 nitrogen and oxygen atoms in total. The third-order valence-corrected chi connectivity index (χ3v) is 2.53. The molecule has 3 heteroatoms. The topological polar surface area (TPSA) is 40.5 Å². The first-order valence-corrected chi connectivity index (χ1v) is 5.33. The van der Waals surface area contributed by atoms with Gasteiger partial charge in [0.05, 0.1) is 0 Å². The number of aliphatic hydroxyl groups is 1. The number of carbonyl (C=O) groups excluding carboxylic acids is 1. The lowest BCUT2D eigenvalue weighted by atomic mass is 10.0. The van der Waals surface area contributed by atoms with Gasteiger partial charge in [-0.05, 0) is 32.1 Å². The lowest BCUT2D eigenvalue weighted by molar-refractivity contribution is -0.127. The second-order valence-corrected chi connectivity index (χ2v) is 3.69. The van der Waals surface area contributed by atoms with Crippen LogP contribution in [0.2, 0.25) is 0 Å². The van der Waals surface area contributed by atoms with Crippen molar-refractivity contribution in [3.63, 3.8) is 0 Å². The highest BCUT2D eigenvalue weighted by Crippen LogP contribution is 2.21. The monoisotopic (exact) mass is 197 g/mol. The number of amides is 1. The van der Waals surface area contributed by atoms with Gasteiger partial charge in [0.1, 0.15) is 0 Å². The van der Waals surface area contributed by atoms with Gasteiger partial charge >= 0.3 is 0 Å². The molecule has 0 unspecified atom stereocenters. The van der Waals surface area contributed by atoms with Crippen LogP contribution in [-0.4, -0.2) is 29.1 Å². The maximum atomic E-state index is 11.4. The van der Waals surface area contributed by atoms with Crippen LogP contribution in [0.25, 0.3) is 0 Å². The van der Waals surface area contributed by atoms with Crippen molar-refractivity contribution in [2.24, 2.45) is 0 Å². The van der Waals surface area contributed by atoms with Crippen LogP contribution in [0, 0.1) is 0 Å². The highest BCUT2D eigenvalue weighted by molar-refractivity contribution is 5.75. The van der Waals surface area contributed by atoms with Gasteiger partial charge in [0.2, 0.25) is 5.91 Å². The molecule has 0 atom stereocenters. The smallest absolute Gasteiger partial charge is 0.223 e. The Kier molecular flexibility index (Phi) is 4.66. The molecular weight excluding hydrogens is 178 g/mol. The summed E-state index contributed by atoms with van der Waals surface area (Å²) in [7, 11) is 0. The third kappa shape index (κ3) is 3.14. The van der Waals surface area contributed by atoms with Gasteiger partial charge in [0.25, 0.3) is 0 Å². The second-order valence-electron chi connectivity index (χ2n) is 3.69. The van der Waals surface area contributed by atoms with E-state index in [2.05, 4.69) is 6.08 Å². The Morgan fingerprint density at radius 2 is 2.36 bits per heavy atom. The average Bonchev–Trinajstić information content (AvgIpc) is 2.19. The maximum absolute atomic E-state index is 11.4. The first kappa shape index (κ1) is 11.2. The Hall–Kier alpha value is -0.830. The quantitative estimate of drug-likeness (QED) is 0.744.